The van der Waals surface area contributed by atoms with Crippen molar-refractivity contribution >= 4 is 33.3 Å². The molecule has 0 fully saturated rings. The maximum Gasteiger partial charge on any atom is 0.323 e. The molecule has 2 aromatic carbocycles. The number of urea groups is 1. The van der Waals surface area contributed by atoms with Gasteiger partial charge in [-0.25, -0.2) is 4.79 Å². The lowest BCUT2D eigenvalue weighted by Crippen LogP contribution is -2.19. The molecule has 5 heteroatoms. The zero-order valence-electron chi connectivity index (χ0n) is 12.0. The fourth-order valence-corrected chi connectivity index (χ4v) is 2.58. The lowest BCUT2D eigenvalue weighted by atomic mass is 10.1. The van der Waals surface area contributed by atoms with Gasteiger partial charge < -0.3 is 16.4 Å². The fourth-order valence-electron chi connectivity index (χ4n) is 1.97. The van der Waals surface area contributed by atoms with Gasteiger partial charge in [0, 0.05) is 21.9 Å². The van der Waals surface area contributed by atoms with E-state index in [9.17, 15) is 4.79 Å². The van der Waals surface area contributed by atoms with Crippen LogP contribution in [0.15, 0.2) is 46.9 Å². The minimum absolute atomic E-state index is 0.0162. The van der Waals surface area contributed by atoms with Crippen molar-refractivity contribution in [3.8, 4) is 0 Å². The maximum atomic E-state index is 12.0. The summed E-state index contributed by atoms with van der Waals surface area (Å²) in [7, 11) is 0. The van der Waals surface area contributed by atoms with Gasteiger partial charge in [-0.2, -0.15) is 0 Å². The summed E-state index contributed by atoms with van der Waals surface area (Å²) >= 11 is 3.41. The van der Waals surface area contributed by atoms with E-state index in [1.165, 1.54) is 0 Å². The lowest BCUT2D eigenvalue weighted by Gasteiger charge is -2.10. The van der Waals surface area contributed by atoms with Gasteiger partial charge in [0.2, 0.25) is 0 Å². The Balaban J connectivity index is 2.01. The van der Waals surface area contributed by atoms with Gasteiger partial charge in [-0.05, 0) is 55.3 Å². The van der Waals surface area contributed by atoms with Crippen molar-refractivity contribution in [1.82, 2.24) is 0 Å². The number of carbonyl (C=O) groups excluding carboxylic acids is 1. The number of hydrogen-bond donors (Lipinski definition) is 3. The molecule has 0 aliphatic rings. The highest BCUT2D eigenvalue weighted by atomic mass is 79.9. The van der Waals surface area contributed by atoms with Crippen LogP contribution in [-0.2, 0) is 0 Å². The maximum absolute atomic E-state index is 12.0. The number of anilines is 2. The summed E-state index contributed by atoms with van der Waals surface area (Å²) < 4.78 is 0.930. The van der Waals surface area contributed by atoms with E-state index < -0.39 is 0 Å². The van der Waals surface area contributed by atoms with Crippen LogP contribution in [0.5, 0.6) is 0 Å². The van der Waals surface area contributed by atoms with E-state index in [1.54, 1.807) is 0 Å². The molecule has 0 radical (unpaired) electrons. The van der Waals surface area contributed by atoms with Gasteiger partial charge in [-0.3, -0.25) is 0 Å². The number of rotatable bonds is 3. The van der Waals surface area contributed by atoms with Gasteiger partial charge in [0.15, 0.2) is 0 Å². The van der Waals surface area contributed by atoms with E-state index in [4.69, 9.17) is 5.73 Å². The second kappa shape index (κ2) is 6.74. The number of benzene rings is 2. The average molecular weight is 348 g/mol. The monoisotopic (exact) mass is 347 g/mol. The Hall–Kier alpha value is -1.85. The third-order valence-electron chi connectivity index (χ3n) is 2.99. The molecule has 0 spiro atoms. The summed E-state index contributed by atoms with van der Waals surface area (Å²) in [5, 5.41) is 5.59. The first-order valence-electron chi connectivity index (χ1n) is 6.65. The Morgan fingerprint density at radius 1 is 1.10 bits per heavy atom. The first-order valence-corrected chi connectivity index (χ1v) is 7.44. The summed E-state index contributed by atoms with van der Waals surface area (Å²) in [4.78, 5) is 12.0. The minimum atomic E-state index is -0.277. The van der Waals surface area contributed by atoms with Crippen LogP contribution in [-0.4, -0.2) is 6.03 Å². The molecule has 110 valence electrons. The molecule has 2 amide bonds. The SMILES string of the molecule is Cc1cc(Br)cc(NC(=O)Nc2ccc(C(C)N)cc2)c1. The van der Waals surface area contributed by atoms with E-state index in [0.29, 0.717) is 0 Å². The molecular weight excluding hydrogens is 330 g/mol. The summed E-state index contributed by atoms with van der Waals surface area (Å²) in [6, 6.07) is 12.9. The Kier molecular flexibility index (Phi) is 4.98. The van der Waals surface area contributed by atoms with Gasteiger partial charge in [0.05, 0.1) is 0 Å². The van der Waals surface area contributed by atoms with Crippen molar-refractivity contribution in [2.45, 2.75) is 19.9 Å². The average Bonchev–Trinajstić information content (AvgIpc) is 2.37. The number of nitrogens with one attached hydrogen (secondary N) is 2. The Bertz CT molecular complexity index is 618. The molecule has 0 aromatic heterocycles. The molecule has 0 saturated carbocycles. The lowest BCUT2D eigenvalue weighted by molar-refractivity contribution is 0.262. The number of carbonyl (C=O) groups is 1. The number of aryl methyl sites for hydroxylation is 1. The predicted molar refractivity (Wildman–Crippen MR) is 90.6 cm³/mol. The number of nitrogens with two attached hydrogens (primary N) is 1. The molecule has 0 saturated heterocycles. The molecule has 0 heterocycles. The molecule has 21 heavy (non-hydrogen) atoms. The van der Waals surface area contributed by atoms with Crippen LogP contribution in [0.1, 0.15) is 24.1 Å². The summed E-state index contributed by atoms with van der Waals surface area (Å²) in [5.41, 5.74) is 9.36. The molecular formula is C16H18BrN3O. The third kappa shape index (κ3) is 4.58. The fraction of sp³-hybridized carbons (Fsp3) is 0.188. The first kappa shape index (κ1) is 15.5. The van der Waals surface area contributed by atoms with Crippen LogP contribution in [0.4, 0.5) is 16.2 Å². The quantitative estimate of drug-likeness (QED) is 0.769. The number of hydrogen-bond acceptors (Lipinski definition) is 2. The zero-order chi connectivity index (χ0) is 15.4. The third-order valence-corrected chi connectivity index (χ3v) is 3.45. The molecule has 1 atom stereocenters. The van der Waals surface area contributed by atoms with Crippen LogP contribution in [0.25, 0.3) is 0 Å². The van der Waals surface area contributed by atoms with Gasteiger partial charge in [-0.15, -0.1) is 0 Å². The first-order chi connectivity index (χ1) is 9.94. The van der Waals surface area contributed by atoms with Crippen molar-refractivity contribution < 1.29 is 4.79 Å². The largest absolute Gasteiger partial charge is 0.324 e. The molecule has 0 aliphatic carbocycles. The van der Waals surface area contributed by atoms with Crippen molar-refractivity contribution in [1.29, 1.82) is 0 Å². The van der Waals surface area contributed by atoms with E-state index in [0.717, 1.165) is 27.0 Å². The normalized spacial score (nSPS) is 11.8. The zero-order valence-corrected chi connectivity index (χ0v) is 13.6. The van der Waals surface area contributed by atoms with Gasteiger partial charge >= 0.3 is 6.03 Å². The van der Waals surface area contributed by atoms with Gasteiger partial charge in [0.25, 0.3) is 0 Å². The molecule has 0 aliphatic heterocycles. The highest BCUT2D eigenvalue weighted by Gasteiger charge is 2.05. The van der Waals surface area contributed by atoms with Crippen molar-refractivity contribution in [2.75, 3.05) is 10.6 Å². The smallest absolute Gasteiger partial charge is 0.323 e. The van der Waals surface area contributed by atoms with E-state index in [-0.39, 0.29) is 12.1 Å². The Labute approximate surface area is 132 Å². The summed E-state index contributed by atoms with van der Waals surface area (Å²) in [6.07, 6.45) is 0. The van der Waals surface area contributed by atoms with E-state index >= 15 is 0 Å². The number of amides is 2. The van der Waals surface area contributed by atoms with Crippen LogP contribution in [0.3, 0.4) is 0 Å². The van der Waals surface area contributed by atoms with Crippen LogP contribution in [0, 0.1) is 6.92 Å². The van der Waals surface area contributed by atoms with Crippen molar-refractivity contribution in [3.63, 3.8) is 0 Å². The predicted octanol–water partition coefficient (Wildman–Crippen LogP) is 4.42. The second-order valence-electron chi connectivity index (χ2n) is 5.01. The standard InChI is InChI=1S/C16H18BrN3O/c1-10-7-13(17)9-15(8-10)20-16(21)19-14-5-3-12(4-6-14)11(2)18/h3-9,11H,18H2,1-2H3,(H2,19,20,21). The molecule has 4 nitrogen and oxygen atoms in total. The molecule has 2 aromatic rings. The molecule has 0 bridgehead atoms. The van der Waals surface area contributed by atoms with Crippen molar-refractivity contribution in [2.24, 2.45) is 5.73 Å². The molecule has 1 unspecified atom stereocenters. The van der Waals surface area contributed by atoms with E-state index in [1.807, 2.05) is 56.3 Å². The van der Waals surface area contributed by atoms with Crippen LogP contribution < -0.4 is 16.4 Å². The second-order valence-corrected chi connectivity index (χ2v) is 5.92. The van der Waals surface area contributed by atoms with Crippen molar-refractivity contribution in [3.05, 3.63) is 58.1 Å². The van der Waals surface area contributed by atoms with Gasteiger partial charge in [0.1, 0.15) is 0 Å². The van der Waals surface area contributed by atoms with Crippen LogP contribution >= 0.6 is 15.9 Å². The van der Waals surface area contributed by atoms with Gasteiger partial charge in [-0.1, -0.05) is 28.1 Å². The Morgan fingerprint density at radius 3 is 2.29 bits per heavy atom. The molecule has 2 rings (SSSR count). The summed E-state index contributed by atoms with van der Waals surface area (Å²) in [6.45, 7) is 3.89. The highest BCUT2D eigenvalue weighted by Crippen LogP contribution is 2.19. The Morgan fingerprint density at radius 2 is 1.71 bits per heavy atom. The topological polar surface area (TPSA) is 67.2 Å². The van der Waals surface area contributed by atoms with E-state index in [2.05, 4.69) is 26.6 Å². The minimum Gasteiger partial charge on any atom is -0.324 e. The highest BCUT2D eigenvalue weighted by molar-refractivity contribution is 9.10. The number of halogens is 1. The summed E-state index contributed by atoms with van der Waals surface area (Å²) in [5.74, 6) is 0. The molecule has 4 N–H and O–H groups in total. The van der Waals surface area contributed by atoms with Crippen LogP contribution in [0.2, 0.25) is 0 Å².